The fourth-order valence-corrected chi connectivity index (χ4v) is 5.64. The number of fused-ring (bicyclic) bond motifs is 6. The van der Waals surface area contributed by atoms with Crippen LogP contribution in [0.15, 0.2) is 46.9 Å². The molecule has 166 valence electrons. The van der Waals surface area contributed by atoms with Crippen LogP contribution in [0.25, 0.3) is 10.9 Å². The smallest absolute Gasteiger partial charge is 0.318 e. The van der Waals surface area contributed by atoms with Crippen LogP contribution in [-0.2, 0) is 16.8 Å². The molecule has 32 heavy (non-hydrogen) atoms. The highest BCUT2D eigenvalue weighted by molar-refractivity contribution is 9.10. The largest absolute Gasteiger partial charge is 0.355 e. The van der Waals surface area contributed by atoms with Crippen molar-refractivity contribution in [2.45, 2.75) is 38.6 Å². The van der Waals surface area contributed by atoms with E-state index in [9.17, 15) is 9.59 Å². The Labute approximate surface area is 196 Å². The molecule has 7 heteroatoms. The molecule has 6 nitrogen and oxygen atoms in total. The summed E-state index contributed by atoms with van der Waals surface area (Å²) in [5.74, 6) is -0.0633. The van der Waals surface area contributed by atoms with Crippen molar-refractivity contribution in [3.8, 4) is 0 Å². The third-order valence-corrected chi connectivity index (χ3v) is 7.07. The first-order chi connectivity index (χ1) is 15.5. The highest BCUT2D eigenvalue weighted by Crippen LogP contribution is 2.52. The topological polar surface area (TPSA) is 68.4 Å². The Morgan fingerprint density at radius 1 is 1.19 bits per heavy atom. The summed E-state index contributed by atoms with van der Waals surface area (Å²) >= 11 is 3.61. The van der Waals surface area contributed by atoms with Gasteiger partial charge in [-0.05, 0) is 49.1 Å². The van der Waals surface area contributed by atoms with E-state index in [0.717, 1.165) is 50.7 Å². The molecule has 3 amide bonds. The SMILES string of the molecule is CCCNC(=O)N1CCc2c([nH]c3ccccc23)[C@@]12C(=O)N(CCC)c1ccc(Br)cc12. The number of nitrogens with one attached hydrogen (secondary N) is 2. The van der Waals surface area contributed by atoms with Gasteiger partial charge in [0.05, 0.1) is 11.4 Å². The zero-order valence-electron chi connectivity index (χ0n) is 18.4. The molecule has 0 saturated carbocycles. The van der Waals surface area contributed by atoms with E-state index in [1.807, 2.05) is 48.2 Å². The van der Waals surface area contributed by atoms with Crippen molar-refractivity contribution in [2.24, 2.45) is 0 Å². The molecule has 0 fully saturated rings. The van der Waals surface area contributed by atoms with Crippen molar-refractivity contribution < 1.29 is 9.59 Å². The lowest BCUT2D eigenvalue weighted by Gasteiger charge is -2.43. The van der Waals surface area contributed by atoms with E-state index < -0.39 is 5.54 Å². The maximum Gasteiger partial charge on any atom is 0.318 e. The van der Waals surface area contributed by atoms with Crippen LogP contribution in [0.4, 0.5) is 10.5 Å². The van der Waals surface area contributed by atoms with Gasteiger partial charge in [0.2, 0.25) is 0 Å². The average Bonchev–Trinajstić information content (AvgIpc) is 3.28. The number of carbonyl (C=O) groups is 2. The number of H-pyrrole nitrogens is 1. The number of aromatic amines is 1. The van der Waals surface area contributed by atoms with Gasteiger partial charge in [-0.15, -0.1) is 0 Å². The van der Waals surface area contributed by atoms with Crippen LogP contribution in [0.5, 0.6) is 0 Å². The zero-order valence-corrected chi connectivity index (χ0v) is 20.0. The molecule has 3 aromatic rings. The molecule has 0 saturated heterocycles. The van der Waals surface area contributed by atoms with Crippen molar-refractivity contribution in [3.05, 3.63) is 63.8 Å². The predicted molar refractivity (Wildman–Crippen MR) is 130 cm³/mol. The van der Waals surface area contributed by atoms with Crippen molar-refractivity contribution >= 4 is 44.5 Å². The lowest BCUT2D eigenvalue weighted by atomic mass is 9.80. The van der Waals surface area contributed by atoms with E-state index in [1.165, 1.54) is 0 Å². The second-order valence-electron chi connectivity index (χ2n) is 8.49. The number of hydrogen-bond acceptors (Lipinski definition) is 2. The van der Waals surface area contributed by atoms with E-state index in [1.54, 1.807) is 4.90 Å². The van der Waals surface area contributed by atoms with Crippen LogP contribution < -0.4 is 10.2 Å². The molecule has 2 aliphatic rings. The minimum atomic E-state index is -1.21. The zero-order chi connectivity index (χ0) is 22.5. The summed E-state index contributed by atoms with van der Waals surface area (Å²) < 4.78 is 0.888. The van der Waals surface area contributed by atoms with Gasteiger partial charge in [0.25, 0.3) is 5.91 Å². The number of rotatable bonds is 4. The lowest BCUT2D eigenvalue weighted by molar-refractivity contribution is -0.126. The van der Waals surface area contributed by atoms with Crippen LogP contribution in [-0.4, -0.2) is 41.5 Å². The van der Waals surface area contributed by atoms with E-state index in [-0.39, 0.29) is 11.9 Å². The first kappa shape index (κ1) is 21.1. The molecule has 0 aliphatic carbocycles. The summed E-state index contributed by atoms with van der Waals surface area (Å²) in [7, 11) is 0. The molecule has 1 spiro atoms. The molecular weight excluding hydrogens is 468 g/mol. The summed E-state index contributed by atoms with van der Waals surface area (Å²) in [6.07, 6.45) is 2.37. The minimum Gasteiger partial charge on any atom is -0.355 e. The van der Waals surface area contributed by atoms with Crippen LogP contribution >= 0.6 is 15.9 Å². The van der Waals surface area contributed by atoms with Crippen molar-refractivity contribution in [1.82, 2.24) is 15.2 Å². The van der Waals surface area contributed by atoms with Crippen molar-refractivity contribution in [3.63, 3.8) is 0 Å². The first-order valence-corrected chi connectivity index (χ1v) is 12.1. The van der Waals surface area contributed by atoms with E-state index in [4.69, 9.17) is 0 Å². The van der Waals surface area contributed by atoms with E-state index in [2.05, 4.69) is 39.2 Å². The number of aromatic nitrogens is 1. The Morgan fingerprint density at radius 3 is 2.78 bits per heavy atom. The molecule has 0 bridgehead atoms. The van der Waals surface area contributed by atoms with Gasteiger partial charge in [0.15, 0.2) is 5.54 Å². The molecule has 1 atom stereocenters. The summed E-state index contributed by atoms with van der Waals surface area (Å²) in [4.78, 5) is 35.0. The highest BCUT2D eigenvalue weighted by Gasteiger charge is 2.60. The normalized spacial score (nSPS) is 19.5. The molecular formula is C25H27BrN4O2. The van der Waals surface area contributed by atoms with Crippen LogP contribution in [0.2, 0.25) is 0 Å². The number of hydrogen-bond donors (Lipinski definition) is 2. The summed E-state index contributed by atoms with van der Waals surface area (Å²) in [5.41, 5.74) is 3.45. The molecule has 3 heterocycles. The number of anilines is 1. The minimum absolute atomic E-state index is 0.0633. The Kier molecular flexibility index (Phi) is 5.24. The number of amides is 3. The average molecular weight is 495 g/mol. The summed E-state index contributed by atoms with van der Waals surface area (Å²) in [6.45, 7) is 5.75. The van der Waals surface area contributed by atoms with Gasteiger partial charge in [0, 0.05) is 40.6 Å². The molecule has 0 radical (unpaired) electrons. The third kappa shape index (κ3) is 2.83. The standard InChI is InChI=1S/C25H27BrN4O2/c1-3-12-27-24(32)30-14-11-18-17-7-5-6-8-20(17)28-22(18)25(30)19-15-16(26)9-10-21(19)29(13-4-2)23(25)31/h5-10,15,28H,3-4,11-14H2,1-2H3,(H,27,32)/t25-/m0/s1. The number of benzene rings is 2. The first-order valence-electron chi connectivity index (χ1n) is 11.3. The molecule has 2 aromatic carbocycles. The van der Waals surface area contributed by atoms with Crippen LogP contribution in [0.1, 0.15) is 43.5 Å². The summed E-state index contributed by atoms with van der Waals surface area (Å²) in [6, 6.07) is 13.9. The van der Waals surface area contributed by atoms with Gasteiger partial charge < -0.3 is 20.1 Å². The molecule has 5 rings (SSSR count). The number of nitrogens with zero attached hydrogens (tertiary/aromatic N) is 2. The Balaban J connectivity index is 1.82. The summed E-state index contributed by atoms with van der Waals surface area (Å²) in [5, 5.41) is 4.14. The highest BCUT2D eigenvalue weighted by atomic mass is 79.9. The predicted octanol–water partition coefficient (Wildman–Crippen LogP) is 4.91. The Morgan fingerprint density at radius 2 is 2.00 bits per heavy atom. The maximum atomic E-state index is 14.3. The van der Waals surface area contributed by atoms with E-state index in [0.29, 0.717) is 26.1 Å². The van der Waals surface area contributed by atoms with Gasteiger partial charge in [-0.2, -0.15) is 0 Å². The van der Waals surface area contributed by atoms with Gasteiger partial charge in [0.1, 0.15) is 0 Å². The van der Waals surface area contributed by atoms with Gasteiger partial charge in [-0.1, -0.05) is 48.0 Å². The Bertz CT molecular complexity index is 1220. The second-order valence-corrected chi connectivity index (χ2v) is 9.40. The third-order valence-electron chi connectivity index (χ3n) is 6.58. The lowest BCUT2D eigenvalue weighted by Crippen LogP contribution is -2.61. The van der Waals surface area contributed by atoms with Gasteiger partial charge in [-0.3, -0.25) is 4.79 Å². The number of urea groups is 1. The van der Waals surface area contributed by atoms with E-state index >= 15 is 0 Å². The Hall–Kier alpha value is -2.80. The quantitative estimate of drug-likeness (QED) is 0.540. The fraction of sp³-hybridized carbons (Fsp3) is 0.360. The maximum absolute atomic E-state index is 14.3. The van der Waals surface area contributed by atoms with Gasteiger partial charge in [-0.25, -0.2) is 4.79 Å². The van der Waals surface area contributed by atoms with Crippen molar-refractivity contribution in [1.29, 1.82) is 0 Å². The molecule has 2 N–H and O–H groups in total. The van der Waals surface area contributed by atoms with Gasteiger partial charge >= 0.3 is 6.03 Å². The second kappa shape index (κ2) is 7.96. The molecule has 2 aliphatic heterocycles. The van der Waals surface area contributed by atoms with Crippen LogP contribution in [0.3, 0.4) is 0 Å². The molecule has 1 aromatic heterocycles. The molecule has 0 unspecified atom stereocenters. The monoisotopic (exact) mass is 494 g/mol. The van der Waals surface area contributed by atoms with Crippen LogP contribution in [0, 0.1) is 0 Å². The number of para-hydroxylation sites is 1. The number of halogens is 1. The fourth-order valence-electron chi connectivity index (χ4n) is 5.28. The number of carbonyl (C=O) groups excluding carboxylic acids is 2. The van der Waals surface area contributed by atoms with Crippen molar-refractivity contribution in [2.75, 3.05) is 24.5 Å².